The number of benzene rings is 1. The Kier molecular flexibility index (Phi) is 8.75. The van der Waals surface area contributed by atoms with E-state index in [9.17, 15) is 13.9 Å². The lowest BCUT2D eigenvalue weighted by molar-refractivity contribution is 0.0177. The van der Waals surface area contributed by atoms with Gasteiger partial charge in [0.1, 0.15) is 25.1 Å². The predicted molar refractivity (Wildman–Crippen MR) is 80.1 cm³/mol. The van der Waals surface area contributed by atoms with Crippen molar-refractivity contribution in [1.29, 1.82) is 0 Å². The van der Waals surface area contributed by atoms with Crippen LogP contribution >= 0.6 is 15.9 Å². The van der Waals surface area contributed by atoms with Gasteiger partial charge in [-0.1, -0.05) is 6.07 Å². The molecule has 1 rings (SSSR count). The average Bonchev–Trinajstić information content (AvgIpc) is 2.41. The summed E-state index contributed by atoms with van der Waals surface area (Å²) in [5, 5.41) is 12.6. The van der Waals surface area contributed by atoms with Crippen LogP contribution in [0.15, 0.2) is 22.7 Å². The fraction of sp³-hybridized carbons (Fsp3) is 0.571. The molecule has 0 aliphatic carbocycles. The smallest absolute Gasteiger partial charge is 0.261 e. The molecule has 21 heavy (non-hydrogen) atoms. The highest BCUT2D eigenvalue weighted by atomic mass is 79.9. The summed E-state index contributed by atoms with van der Waals surface area (Å²) in [6.45, 7) is 2.45. The van der Waals surface area contributed by atoms with Crippen LogP contribution < -0.4 is 10.1 Å². The molecule has 1 atom stereocenters. The minimum absolute atomic E-state index is 0.145. The maximum atomic E-state index is 11.8. The number of alkyl halides is 2. The van der Waals surface area contributed by atoms with E-state index in [-0.39, 0.29) is 13.2 Å². The van der Waals surface area contributed by atoms with Crippen LogP contribution in [0.2, 0.25) is 0 Å². The Bertz CT molecular complexity index is 421. The van der Waals surface area contributed by atoms with Gasteiger partial charge < -0.3 is 19.9 Å². The first-order chi connectivity index (χ1) is 9.99. The third-order valence-corrected chi connectivity index (χ3v) is 3.19. The van der Waals surface area contributed by atoms with E-state index in [2.05, 4.69) is 21.2 Å². The lowest BCUT2D eigenvalue weighted by Gasteiger charge is -2.14. The number of hydrogen-bond donors (Lipinski definition) is 2. The highest BCUT2D eigenvalue weighted by Crippen LogP contribution is 2.25. The molecular formula is C14H20BrF2NO3. The average molecular weight is 368 g/mol. The highest BCUT2D eigenvalue weighted by Gasteiger charge is 2.07. The van der Waals surface area contributed by atoms with E-state index in [1.807, 2.05) is 25.1 Å². The van der Waals surface area contributed by atoms with Crippen molar-refractivity contribution in [1.82, 2.24) is 5.32 Å². The van der Waals surface area contributed by atoms with Crippen LogP contribution in [-0.2, 0) is 4.74 Å². The van der Waals surface area contributed by atoms with E-state index in [4.69, 9.17) is 9.47 Å². The molecule has 2 N–H and O–H groups in total. The summed E-state index contributed by atoms with van der Waals surface area (Å²) in [6, 6.07) is 5.68. The topological polar surface area (TPSA) is 50.7 Å². The van der Waals surface area contributed by atoms with Crippen molar-refractivity contribution in [3.05, 3.63) is 28.2 Å². The molecule has 0 spiro atoms. The number of aryl methyl sites for hydroxylation is 1. The summed E-state index contributed by atoms with van der Waals surface area (Å²) in [7, 11) is 0. The zero-order valence-electron chi connectivity index (χ0n) is 11.8. The molecule has 0 radical (unpaired) electrons. The molecule has 0 aliphatic rings. The first kappa shape index (κ1) is 18.3. The van der Waals surface area contributed by atoms with Gasteiger partial charge in [0.25, 0.3) is 6.43 Å². The number of hydrogen-bond acceptors (Lipinski definition) is 4. The first-order valence-corrected chi connectivity index (χ1v) is 7.42. The third kappa shape index (κ3) is 8.31. The van der Waals surface area contributed by atoms with Crippen molar-refractivity contribution < 1.29 is 23.4 Å². The van der Waals surface area contributed by atoms with Crippen molar-refractivity contribution in [3.8, 4) is 5.75 Å². The van der Waals surface area contributed by atoms with E-state index in [1.54, 1.807) is 0 Å². The number of aliphatic hydroxyl groups is 1. The van der Waals surface area contributed by atoms with Gasteiger partial charge in [-0.2, -0.15) is 0 Å². The standard InChI is InChI=1S/C14H20BrF2NO3/c1-10-2-3-13(12(15)6-10)21-8-11(19)7-18-4-5-20-9-14(16)17/h2-3,6,11,14,18-19H,4-5,7-9H2,1H3. The van der Waals surface area contributed by atoms with Crippen LogP contribution in [0.5, 0.6) is 5.75 Å². The number of rotatable bonds is 10. The summed E-state index contributed by atoms with van der Waals surface area (Å²) in [5.74, 6) is 0.667. The van der Waals surface area contributed by atoms with Crippen LogP contribution in [0.3, 0.4) is 0 Å². The van der Waals surface area contributed by atoms with Gasteiger partial charge >= 0.3 is 0 Å². The maximum absolute atomic E-state index is 11.8. The second-order valence-corrected chi connectivity index (χ2v) is 5.42. The van der Waals surface area contributed by atoms with Crippen molar-refractivity contribution in [2.24, 2.45) is 0 Å². The van der Waals surface area contributed by atoms with Gasteiger partial charge in [0.15, 0.2) is 0 Å². The molecule has 120 valence electrons. The Morgan fingerprint density at radius 2 is 2.10 bits per heavy atom. The second-order valence-electron chi connectivity index (χ2n) is 4.57. The lowest BCUT2D eigenvalue weighted by atomic mass is 10.2. The number of nitrogens with one attached hydrogen (secondary N) is 1. The SMILES string of the molecule is Cc1ccc(OCC(O)CNCCOCC(F)F)c(Br)c1. The largest absolute Gasteiger partial charge is 0.490 e. The van der Waals surface area contributed by atoms with Gasteiger partial charge in [0, 0.05) is 13.1 Å². The Labute approximate surface area is 131 Å². The molecule has 7 heteroatoms. The molecule has 0 bridgehead atoms. The van der Waals surface area contributed by atoms with E-state index in [0.717, 1.165) is 10.0 Å². The van der Waals surface area contributed by atoms with Gasteiger partial charge in [-0.25, -0.2) is 8.78 Å². The zero-order chi connectivity index (χ0) is 15.7. The lowest BCUT2D eigenvalue weighted by Crippen LogP contribution is -2.33. The fourth-order valence-electron chi connectivity index (χ4n) is 1.55. The van der Waals surface area contributed by atoms with E-state index < -0.39 is 19.1 Å². The van der Waals surface area contributed by atoms with E-state index in [0.29, 0.717) is 18.8 Å². The first-order valence-electron chi connectivity index (χ1n) is 6.62. The molecule has 0 saturated heterocycles. The fourth-order valence-corrected chi connectivity index (χ4v) is 2.16. The zero-order valence-corrected chi connectivity index (χ0v) is 13.4. The summed E-state index contributed by atoms with van der Waals surface area (Å²) in [6.07, 6.45) is -3.13. The molecule has 0 aliphatic heterocycles. The Morgan fingerprint density at radius 1 is 1.33 bits per heavy atom. The summed E-state index contributed by atoms with van der Waals surface area (Å²) in [4.78, 5) is 0. The van der Waals surface area contributed by atoms with Gasteiger partial charge in [0.05, 0.1) is 11.1 Å². The Morgan fingerprint density at radius 3 is 2.76 bits per heavy atom. The minimum atomic E-state index is -2.45. The quantitative estimate of drug-likeness (QED) is 0.623. The number of ether oxygens (including phenoxy) is 2. The Balaban J connectivity index is 2.12. The van der Waals surface area contributed by atoms with Crippen molar-refractivity contribution >= 4 is 15.9 Å². The van der Waals surface area contributed by atoms with Crippen LogP contribution in [0, 0.1) is 6.92 Å². The molecule has 1 unspecified atom stereocenters. The Hall–Kier alpha value is -0.760. The maximum Gasteiger partial charge on any atom is 0.261 e. The molecular weight excluding hydrogens is 348 g/mol. The van der Waals surface area contributed by atoms with Crippen LogP contribution in [-0.4, -0.2) is 50.5 Å². The molecule has 0 aromatic heterocycles. The van der Waals surface area contributed by atoms with Gasteiger partial charge in [-0.3, -0.25) is 0 Å². The minimum Gasteiger partial charge on any atom is -0.490 e. The summed E-state index contributed by atoms with van der Waals surface area (Å²) >= 11 is 3.39. The molecule has 4 nitrogen and oxygen atoms in total. The molecule has 0 saturated carbocycles. The van der Waals surface area contributed by atoms with Crippen LogP contribution in [0.1, 0.15) is 5.56 Å². The number of halogens is 3. The molecule has 1 aromatic carbocycles. The number of aliphatic hydroxyl groups excluding tert-OH is 1. The second kappa shape index (κ2) is 10.0. The summed E-state index contributed by atoms with van der Waals surface area (Å²) < 4.78 is 34.6. The summed E-state index contributed by atoms with van der Waals surface area (Å²) in [5.41, 5.74) is 1.11. The van der Waals surface area contributed by atoms with Crippen molar-refractivity contribution in [3.63, 3.8) is 0 Å². The molecule has 0 fully saturated rings. The van der Waals surface area contributed by atoms with E-state index in [1.165, 1.54) is 0 Å². The predicted octanol–water partition coefficient (Wildman–Crippen LogP) is 2.37. The van der Waals surface area contributed by atoms with Gasteiger partial charge in [0.2, 0.25) is 0 Å². The monoisotopic (exact) mass is 367 g/mol. The third-order valence-electron chi connectivity index (χ3n) is 2.57. The normalized spacial score (nSPS) is 12.7. The highest BCUT2D eigenvalue weighted by molar-refractivity contribution is 9.10. The van der Waals surface area contributed by atoms with Crippen LogP contribution in [0.25, 0.3) is 0 Å². The van der Waals surface area contributed by atoms with Gasteiger partial charge in [-0.05, 0) is 40.5 Å². The van der Waals surface area contributed by atoms with Crippen molar-refractivity contribution in [2.75, 3.05) is 32.9 Å². The van der Waals surface area contributed by atoms with Gasteiger partial charge in [-0.15, -0.1) is 0 Å². The molecule has 0 amide bonds. The van der Waals surface area contributed by atoms with Crippen molar-refractivity contribution in [2.45, 2.75) is 19.5 Å². The van der Waals surface area contributed by atoms with Crippen LogP contribution in [0.4, 0.5) is 8.78 Å². The molecule has 1 aromatic rings. The molecule has 0 heterocycles. The van der Waals surface area contributed by atoms with E-state index >= 15 is 0 Å².